The van der Waals surface area contributed by atoms with Gasteiger partial charge in [-0.1, -0.05) is 43.3 Å². The molecule has 1 aromatic carbocycles. The molecule has 0 saturated heterocycles. The van der Waals surface area contributed by atoms with Gasteiger partial charge in [0.05, 0.1) is 0 Å². The maximum absolute atomic E-state index is 11.3. The number of carbonyl (C=O) groups excluding carboxylic acids is 1. The van der Waals surface area contributed by atoms with E-state index in [-0.39, 0.29) is 5.78 Å². The number of carbonyl (C=O) groups is 1. The van der Waals surface area contributed by atoms with E-state index >= 15 is 0 Å². The summed E-state index contributed by atoms with van der Waals surface area (Å²) in [5.41, 5.74) is 1.08. The smallest absolute Gasteiger partial charge is 0.159 e. The Hall–Kier alpha value is -1.37. The maximum Gasteiger partial charge on any atom is 0.159 e. The van der Waals surface area contributed by atoms with E-state index in [1.807, 2.05) is 43.3 Å². The van der Waals surface area contributed by atoms with Crippen LogP contribution in [0.3, 0.4) is 0 Å². The monoisotopic (exact) mass is 174 g/mol. The summed E-state index contributed by atoms with van der Waals surface area (Å²) in [4.78, 5) is 11.3. The third kappa shape index (κ3) is 3.70. The minimum absolute atomic E-state index is 0.174. The Labute approximate surface area is 79.1 Å². The van der Waals surface area contributed by atoms with Crippen LogP contribution < -0.4 is 0 Å². The fourth-order valence-corrected chi connectivity index (χ4v) is 1.11. The first kappa shape index (κ1) is 9.72. The Morgan fingerprint density at radius 1 is 1.31 bits per heavy atom. The molecule has 0 aliphatic rings. The predicted molar refractivity (Wildman–Crippen MR) is 54.6 cm³/mol. The van der Waals surface area contributed by atoms with Gasteiger partial charge in [0.1, 0.15) is 0 Å². The van der Waals surface area contributed by atoms with Gasteiger partial charge in [0.2, 0.25) is 0 Å². The largest absolute Gasteiger partial charge is 0.294 e. The number of allylic oxidation sites excluding steroid dienone is 2. The van der Waals surface area contributed by atoms with Crippen LogP contribution in [0, 0.1) is 0 Å². The molecule has 1 nitrogen and oxygen atoms in total. The van der Waals surface area contributed by atoms with Crippen molar-refractivity contribution >= 4 is 5.78 Å². The molecule has 1 rings (SSSR count). The van der Waals surface area contributed by atoms with Crippen molar-refractivity contribution < 1.29 is 4.79 Å². The Balaban J connectivity index is 2.50. The number of benzene rings is 1. The fourth-order valence-electron chi connectivity index (χ4n) is 1.11. The maximum atomic E-state index is 11.3. The number of hydrogen-bond acceptors (Lipinski definition) is 1. The molecule has 0 spiro atoms. The Morgan fingerprint density at radius 2 is 2.00 bits per heavy atom. The standard InChI is InChI=1S/C12H14O/c1-2-3-9-12(13)10-11-7-5-4-6-8-11/h3-9H,2,10H2,1H3/b9-3+. The van der Waals surface area contributed by atoms with Crippen molar-refractivity contribution in [2.75, 3.05) is 0 Å². The van der Waals surface area contributed by atoms with Gasteiger partial charge in [0.15, 0.2) is 5.78 Å². The topological polar surface area (TPSA) is 17.1 Å². The molecular formula is C12H14O. The van der Waals surface area contributed by atoms with Crippen molar-refractivity contribution in [2.45, 2.75) is 19.8 Å². The second-order valence-electron chi connectivity index (χ2n) is 2.94. The van der Waals surface area contributed by atoms with Gasteiger partial charge in [-0.15, -0.1) is 0 Å². The lowest BCUT2D eigenvalue weighted by Crippen LogP contribution is -1.97. The van der Waals surface area contributed by atoms with Crippen molar-refractivity contribution in [3.8, 4) is 0 Å². The first-order valence-electron chi connectivity index (χ1n) is 4.56. The van der Waals surface area contributed by atoms with E-state index in [1.165, 1.54) is 0 Å². The summed E-state index contributed by atoms with van der Waals surface area (Å²) in [6.07, 6.45) is 4.98. The molecular weight excluding hydrogens is 160 g/mol. The summed E-state index contributed by atoms with van der Waals surface area (Å²) in [5.74, 6) is 0.174. The van der Waals surface area contributed by atoms with Crippen LogP contribution in [0.2, 0.25) is 0 Å². The van der Waals surface area contributed by atoms with Crippen molar-refractivity contribution in [2.24, 2.45) is 0 Å². The third-order valence-corrected chi connectivity index (χ3v) is 1.76. The number of rotatable bonds is 4. The molecule has 1 aromatic rings. The predicted octanol–water partition coefficient (Wildman–Crippen LogP) is 2.76. The summed E-state index contributed by atoms with van der Waals surface area (Å²) in [6, 6.07) is 9.80. The lowest BCUT2D eigenvalue weighted by Gasteiger charge is -1.95. The molecule has 13 heavy (non-hydrogen) atoms. The zero-order chi connectivity index (χ0) is 9.52. The second kappa shape index (κ2) is 5.31. The van der Waals surface area contributed by atoms with Crippen LogP contribution in [0.15, 0.2) is 42.5 Å². The van der Waals surface area contributed by atoms with Crippen molar-refractivity contribution in [3.63, 3.8) is 0 Å². The molecule has 0 saturated carbocycles. The highest BCUT2D eigenvalue weighted by Gasteiger charge is 1.97. The molecule has 0 fully saturated rings. The van der Waals surface area contributed by atoms with Gasteiger partial charge in [-0.2, -0.15) is 0 Å². The summed E-state index contributed by atoms with van der Waals surface area (Å²) >= 11 is 0. The second-order valence-corrected chi connectivity index (χ2v) is 2.94. The van der Waals surface area contributed by atoms with Gasteiger partial charge >= 0.3 is 0 Å². The van der Waals surface area contributed by atoms with Gasteiger partial charge in [0.25, 0.3) is 0 Å². The molecule has 1 heteroatoms. The highest BCUT2D eigenvalue weighted by molar-refractivity contribution is 5.91. The zero-order valence-electron chi connectivity index (χ0n) is 7.86. The highest BCUT2D eigenvalue weighted by Crippen LogP contribution is 2.00. The molecule has 0 unspecified atom stereocenters. The average molecular weight is 174 g/mol. The zero-order valence-corrected chi connectivity index (χ0v) is 7.86. The molecule has 0 heterocycles. The van der Waals surface area contributed by atoms with E-state index in [2.05, 4.69) is 0 Å². The molecule has 0 aliphatic heterocycles. The van der Waals surface area contributed by atoms with Gasteiger partial charge in [-0.05, 0) is 18.1 Å². The summed E-state index contributed by atoms with van der Waals surface area (Å²) in [6.45, 7) is 2.02. The van der Waals surface area contributed by atoms with E-state index in [0.29, 0.717) is 6.42 Å². The van der Waals surface area contributed by atoms with Gasteiger partial charge in [0, 0.05) is 6.42 Å². The summed E-state index contributed by atoms with van der Waals surface area (Å²) in [7, 11) is 0. The van der Waals surface area contributed by atoms with Gasteiger partial charge in [-0.25, -0.2) is 0 Å². The van der Waals surface area contributed by atoms with Gasteiger partial charge < -0.3 is 0 Å². The minimum atomic E-state index is 0.174. The third-order valence-electron chi connectivity index (χ3n) is 1.76. The molecule has 0 aromatic heterocycles. The van der Waals surface area contributed by atoms with Crippen LogP contribution in [0.25, 0.3) is 0 Å². The summed E-state index contributed by atoms with van der Waals surface area (Å²) in [5, 5.41) is 0. The number of hydrogen-bond donors (Lipinski definition) is 0. The first-order valence-corrected chi connectivity index (χ1v) is 4.56. The number of ketones is 1. The van der Waals surface area contributed by atoms with E-state index in [9.17, 15) is 4.79 Å². The van der Waals surface area contributed by atoms with Crippen LogP contribution in [0.1, 0.15) is 18.9 Å². The Morgan fingerprint density at radius 3 is 2.62 bits per heavy atom. The van der Waals surface area contributed by atoms with E-state index < -0.39 is 0 Å². The SMILES string of the molecule is CC/C=C/C(=O)Cc1ccccc1. The van der Waals surface area contributed by atoms with Crippen LogP contribution in [-0.4, -0.2) is 5.78 Å². The molecule has 68 valence electrons. The van der Waals surface area contributed by atoms with Crippen LogP contribution in [-0.2, 0) is 11.2 Å². The molecule has 0 radical (unpaired) electrons. The van der Waals surface area contributed by atoms with Crippen LogP contribution in [0.5, 0.6) is 0 Å². The van der Waals surface area contributed by atoms with Crippen molar-refractivity contribution in [3.05, 3.63) is 48.0 Å². The molecule has 0 N–H and O–H groups in total. The molecule has 0 bridgehead atoms. The lowest BCUT2D eigenvalue weighted by molar-refractivity contribution is -0.114. The van der Waals surface area contributed by atoms with Crippen LogP contribution in [0.4, 0.5) is 0 Å². The average Bonchev–Trinajstić information content (AvgIpc) is 2.16. The van der Waals surface area contributed by atoms with Crippen molar-refractivity contribution in [1.82, 2.24) is 0 Å². The Kier molecular flexibility index (Phi) is 3.97. The van der Waals surface area contributed by atoms with Crippen LogP contribution >= 0.6 is 0 Å². The van der Waals surface area contributed by atoms with Gasteiger partial charge in [-0.3, -0.25) is 4.79 Å². The quantitative estimate of drug-likeness (QED) is 0.641. The molecule has 0 atom stereocenters. The van der Waals surface area contributed by atoms with Crippen molar-refractivity contribution in [1.29, 1.82) is 0 Å². The normalized spacial score (nSPS) is 10.5. The molecule has 0 amide bonds. The fraction of sp³-hybridized carbons (Fsp3) is 0.250. The van der Waals surface area contributed by atoms with E-state index in [1.54, 1.807) is 6.08 Å². The minimum Gasteiger partial charge on any atom is -0.294 e. The molecule has 0 aliphatic carbocycles. The summed E-state index contributed by atoms with van der Waals surface area (Å²) < 4.78 is 0. The first-order chi connectivity index (χ1) is 6.33. The van der Waals surface area contributed by atoms with E-state index in [0.717, 1.165) is 12.0 Å². The van der Waals surface area contributed by atoms with E-state index in [4.69, 9.17) is 0 Å². The Bertz CT molecular complexity index is 285. The highest BCUT2D eigenvalue weighted by atomic mass is 16.1. The lowest BCUT2D eigenvalue weighted by atomic mass is 10.1.